The van der Waals surface area contributed by atoms with Crippen molar-refractivity contribution in [1.82, 2.24) is 10.3 Å². The van der Waals surface area contributed by atoms with Crippen LogP contribution in [0.1, 0.15) is 25.8 Å². The lowest BCUT2D eigenvalue weighted by Gasteiger charge is -2.15. The highest BCUT2D eigenvalue weighted by molar-refractivity contribution is 5.85. The molecule has 0 fully saturated rings. The van der Waals surface area contributed by atoms with Gasteiger partial charge in [-0.05, 0) is 30.5 Å². The Morgan fingerprint density at radius 1 is 1.19 bits per heavy atom. The molecular weight excluding hydrogens is 389 g/mol. The van der Waals surface area contributed by atoms with Gasteiger partial charge >= 0.3 is 0 Å². The molecule has 1 aromatic carbocycles. The summed E-state index contributed by atoms with van der Waals surface area (Å²) in [5.41, 5.74) is 6.68. The molecule has 2 rings (SSSR count). The molecule has 3 N–H and O–H groups in total. The van der Waals surface area contributed by atoms with Gasteiger partial charge in [0.25, 0.3) is 0 Å². The van der Waals surface area contributed by atoms with E-state index in [0.29, 0.717) is 36.3 Å². The monoisotopic (exact) mass is 415 g/mol. The number of carbonyl (C=O) groups excluding carboxylic acids is 1. The maximum absolute atomic E-state index is 12.1. The summed E-state index contributed by atoms with van der Waals surface area (Å²) in [6.45, 7) is 4.38. The van der Waals surface area contributed by atoms with E-state index in [9.17, 15) is 4.79 Å². The molecule has 1 heterocycles. The summed E-state index contributed by atoms with van der Waals surface area (Å²) < 4.78 is 11.0. The third-order valence-corrected chi connectivity index (χ3v) is 3.62. The number of rotatable bonds is 8. The van der Waals surface area contributed by atoms with Crippen molar-refractivity contribution in [2.24, 2.45) is 11.7 Å². The normalized spacial score (nSPS) is 11.0. The lowest BCUT2D eigenvalue weighted by Crippen LogP contribution is -2.41. The van der Waals surface area contributed by atoms with E-state index < -0.39 is 6.04 Å². The van der Waals surface area contributed by atoms with Gasteiger partial charge < -0.3 is 20.5 Å². The predicted molar refractivity (Wildman–Crippen MR) is 111 cm³/mol. The molecule has 6 nitrogen and oxygen atoms in total. The van der Waals surface area contributed by atoms with Crippen molar-refractivity contribution in [2.45, 2.75) is 32.9 Å². The zero-order valence-corrected chi connectivity index (χ0v) is 17.3. The Hall–Kier alpha value is -2.02. The number of methoxy groups -OCH3 is 1. The molecule has 27 heavy (non-hydrogen) atoms. The van der Waals surface area contributed by atoms with Gasteiger partial charge in [0, 0.05) is 24.4 Å². The van der Waals surface area contributed by atoms with Crippen LogP contribution in [0.5, 0.6) is 17.4 Å². The van der Waals surface area contributed by atoms with Crippen molar-refractivity contribution in [1.29, 1.82) is 0 Å². The van der Waals surface area contributed by atoms with Crippen LogP contribution in [0.4, 0.5) is 0 Å². The molecule has 0 saturated heterocycles. The summed E-state index contributed by atoms with van der Waals surface area (Å²) in [5.74, 6) is 1.94. The third kappa shape index (κ3) is 8.03. The SMILES string of the molecule is COc1cccc(Oc2ncccc2CNC(=O)[C@@H](N)CC(C)C)c1.Cl.Cl. The quantitative estimate of drug-likeness (QED) is 0.685. The third-order valence-electron chi connectivity index (χ3n) is 3.62. The molecular formula is C19H27Cl2N3O3. The summed E-state index contributed by atoms with van der Waals surface area (Å²) >= 11 is 0. The molecule has 0 bridgehead atoms. The van der Waals surface area contributed by atoms with Gasteiger partial charge in [0.1, 0.15) is 11.5 Å². The maximum atomic E-state index is 12.1. The summed E-state index contributed by atoms with van der Waals surface area (Å²) in [6, 6.07) is 10.4. The minimum Gasteiger partial charge on any atom is -0.497 e. The number of hydrogen-bond donors (Lipinski definition) is 2. The van der Waals surface area contributed by atoms with Crippen LogP contribution < -0.4 is 20.5 Å². The first-order valence-electron chi connectivity index (χ1n) is 8.28. The Labute approximate surface area is 172 Å². The molecule has 150 valence electrons. The van der Waals surface area contributed by atoms with Crippen molar-refractivity contribution in [3.05, 3.63) is 48.2 Å². The zero-order valence-electron chi connectivity index (χ0n) is 15.7. The van der Waals surface area contributed by atoms with Crippen LogP contribution in [0.2, 0.25) is 0 Å². The summed E-state index contributed by atoms with van der Waals surface area (Å²) in [6.07, 6.45) is 2.29. The topological polar surface area (TPSA) is 86.5 Å². The van der Waals surface area contributed by atoms with Gasteiger partial charge in [0.15, 0.2) is 0 Å². The molecule has 1 aromatic heterocycles. The second kappa shape index (κ2) is 12.4. The molecule has 2 aromatic rings. The van der Waals surface area contributed by atoms with Gasteiger partial charge in [-0.25, -0.2) is 4.98 Å². The highest BCUT2D eigenvalue weighted by Gasteiger charge is 2.15. The zero-order chi connectivity index (χ0) is 18.2. The number of halogens is 2. The fourth-order valence-corrected chi connectivity index (χ4v) is 2.36. The minimum absolute atomic E-state index is 0. The summed E-state index contributed by atoms with van der Waals surface area (Å²) in [4.78, 5) is 16.3. The molecule has 0 unspecified atom stereocenters. The largest absolute Gasteiger partial charge is 0.497 e. The van der Waals surface area contributed by atoms with Crippen LogP contribution in [0.25, 0.3) is 0 Å². The van der Waals surface area contributed by atoms with E-state index in [4.69, 9.17) is 15.2 Å². The van der Waals surface area contributed by atoms with E-state index in [1.165, 1.54) is 0 Å². The molecule has 0 saturated carbocycles. The second-order valence-electron chi connectivity index (χ2n) is 6.20. The van der Waals surface area contributed by atoms with Crippen molar-refractivity contribution in [3.63, 3.8) is 0 Å². The van der Waals surface area contributed by atoms with E-state index in [1.807, 2.05) is 38.1 Å². The maximum Gasteiger partial charge on any atom is 0.237 e. The molecule has 0 aliphatic heterocycles. The van der Waals surface area contributed by atoms with E-state index in [0.717, 1.165) is 5.56 Å². The van der Waals surface area contributed by atoms with Gasteiger partial charge in [-0.3, -0.25) is 4.79 Å². The van der Waals surface area contributed by atoms with Crippen molar-refractivity contribution < 1.29 is 14.3 Å². The van der Waals surface area contributed by atoms with Crippen LogP contribution in [-0.2, 0) is 11.3 Å². The van der Waals surface area contributed by atoms with Crippen molar-refractivity contribution in [2.75, 3.05) is 7.11 Å². The number of nitrogens with zero attached hydrogens (tertiary/aromatic N) is 1. The molecule has 0 radical (unpaired) electrons. The smallest absolute Gasteiger partial charge is 0.237 e. The Bertz CT molecular complexity index is 714. The van der Waals surface area contributed by atoms with Crippen molar-refractivity contribution in [3.8, 4) is 17.4 Å². The van der Waals surface area contributed by atoms with Gasteiger partial charge in [0.2, 0.25) is 11.8 Å². The molecule has 1 atom stereocenters. The highest BCUT2D eigenvalue weighted by atomic mass is 35.5. The number of nitrogens with two attached hydrogens (primary N) is 1. The molecule has 0 aliphatic carbocycles. The Morgan fingerprint density at radius 3 is 2.56 bits per heavy atom. The number of aromatic nitrogens is 1. The van der Waals surface area contributed by atoms with Crippen LogP contribution in [0.3, 0.4) is 0 Å². The second-order valence-corrected chi connectivity index (χ2v) is 6.20. The lowest BCUT2D eigenvalue weighted by molar-refractivity contribution is -0.122. The summed E-state index contributed by atoms with van der Waals surface area (Å²) in [5, 5.41) is 2.84. The van der Waals surface area contributed by atoms with Gasteiger partial charge in [-0.15, -0.1) is 24.8 Å². The minimum atomic E-state index is -0.514. The number of benzene rings is 1. The van der Waals surface area contributed by atoms with E-state index in [-0.39, 0.29) is 30.7 Å². The number of hydrogen-bond acceptors (Lipinski definition) is 5. The van der Waals surface area contributed by atoms with Crippen LogP contribution in [0.15, 0.2) is 42.6 Å². The fraction of sp³-hybridized carbons (Fsp3) is 0.368. The number of ether oxygens (including phenoxy) is 2. The Morgan fingerprint density at radius 2 is 1.89 bits per heavy atom. The lowest BCUT2D eigenvalue weighted by atomic mass is 10.0. The first-order chi connectivity index (χ1) is 12.0. The standard InChI is InChI=1S/C19H25N3O3.2ClH/c1-13(2)10-17(20)18(23)22-12-14-6-5-9-21-19(14)25-16-8-4-7-15(11-16)24-3;;/h4-9,11,13,17H,10,12,20H2,1-3H3,(H,22,23);2*1H/t17-;;/m0../s1. The average molecular weight is 416 g/mol. The average Bonchev–Trinajstić information content (AvgIpc) is 2.60. The van der Waals surface area contributed by atoms with Crippen LogP contribution in [-0.4, -0.2) is 24.0 Å². The van der Waals surface area contributed by atoms with E-state index in [1.54, 1.807) is 25.4 Å². The molecule has 0 spiro atoms. The number of pyridine rings is 1. The van der Waals surface area contributed by atoms with E-state index >= 15 is 0 Å². The highest BCUT2D eigenvalue weighted by Crippen LogP contribution is 2.26. The van der Waals surface area contributed by atoms with Gasteiger partial charge in [-0.2, -0.15) is 0 Å². The molecule has 8 heteroatoms. The van der Waals surface area contributed by atoms with Gasteiger partial charge in [-0.1, -0.05) is 26.0 Å². The molecule has 1 amide bonds. The summed E-state index contributed by atoms with van der Waals surface area (Å²) in [7, 11) is 1.60. The Kier molecular flexibility index (Phi) is 11.5. The number of carbonyl (C=O) groups is 1. The predicted octanol–water partition coefficient (Wildman–Crippen LogP) is 3.72. The van der Waals surface area contributed by atoms with Crippen LogP contribution in [0, 0.1) is 5.92 Å². The Balaban J connectivity index is 0.00000338. The fourth-order valence-electron chi connectivity index (χ4n) is 2.36. The molecule has 0 aliphatic rings. The number of nitrogens with one attached hydrogen (secondary N) is 1. The first-order valence-corrected chi connectivity index (χ1v) is 8.28. The van der Waals surface area contributed by atoms with Gasteiger partial charge in [0.05, 0.1) is 13.2 Å². The van der Waals surface area contributed by atoms with Crippen LogP contribution >= 0.6 is 24.8 Å². The first kappa shape index (κ1) is 25.0. The number of amides is 1. The van der Waals surface area contributed by atoms with Crippen molar-refractivity contribution >= 4 is 30.7 Å². The van der Waals surface area contributed by atoms with E-state index in [2.05, 4.69) is 10.3 Å².